The number of anilines is 1. The van der Waals surface area contributed by atoms with E-state index in [1.807, 2.05) is 6.07 Å². The van der Waals surface area contributed by atoms with Crippen molar-refractivity contribution < 1.29 is 17.9 Å². The summed E-state index contributed by atoms with van der Waals surface area (Å²) in [6.07, 6.45) is 0. The molecule has 0 unspecified atom stereocenters. The Morgan fingerprint density at radius 1 is 1.12 bits per heavy atom. The molecule has 0 heterocycles. The van der Waals surface area contributed by atoms with Crippen LogP contribution in [0.15, 0.2) is 35.2 Å². The standard InChI is InChI=1S/C18H21ClN2O4S/c1-11-5-6-12(2)17(7-11)26(23,24)20-10-18(22)21-15-8-13(3)14(19)9-16(15)25-4/h5-9,20H,10H2,1-4H3,(H,21,22). The average Bonchev–Trinajstić information content (AvgIpc) is 2.58. The van der Waals surface area contributed by atoms with E-state index >= 15 is 0 Å². The second kappa shape index (κ2) is 8.07. The summed E-state index contributed by atoms with van der Waals surface area (Å²) >= 11 is 6.03. The van der Waals surface area contributed by atoms with Crippen molar-refractivity contribution >= 4 is 33.2 Å². The molecular weight excluding hydrogens is 376 g/mol. The second-order valence-corrected chi connectivity index (χ2v) is 8.09. The Labute approximate surface area is 158 Å². The Morgan fingerprint density at radius 3 is 2.46 bits per heavy atom. The number of halogens is 1. The molecule has 0 fully saturated rings. The minimum Gasteiger partial charge on any atom is -0.495 e. The molecule has 140 valence electrons. The Balaban J connectivity index is 2.12. The number of aryl methyl sites for hydroxylation is 3. The third-order valence-corrected chi connectivity index (χ3v) is 5.76. The van der Waals surface area contributed by atoms with Crippen LogP contribution in [0, 0.1) is 20.8 Å². The van der Waals surface area contributed by atoms with Crippen LogP contribution >= 0.6 is 11.6 Å². The molecule has 2 rings (SSSR count). The zero-order valence-electron chi connectivity index (χ0n) is 15.0. The van der Waals surface area contributed by atoms with E-state index in [0.717, 1.165) is 11.1 Å². The monoisotopic (exact) mass is 396 g/mol. The molecule has 1 amide bonds. The van der Waals surface area contributed by atoms with Gasteiger partial charge in [0.2, 0.25) is 15.9 Å². The van der Waals surface area contributed by atoms with Crippen molar-refractivity contribution in [2.75, 3.05) is 19.0 Å². The van der Waals surface area contributed by atoms with Gasteiger partial charge in [-0.1, -0.05) is 23.7 Å². The molecule has 6 nitrogen and oxygen atoms in total. The summed E-state index contributed by atoms with van der Waals surface area (Å²) < 4.78 is 32.4. The molecule has 0 aromatic heterocycles. The number of hydrogen-bond donors (Lipinski definition) is 2. The molecule has 2 aromatic carbocycles. The predicted molar refractivity (Wildman–Crippen MR) is 102 cm³/mol. The third kappa shape index (κ3) is 4.75. The summed E-state index contributed by atoms with van der Waals surface area (Å²) in [6.45, 7) is 4.90. The van der Waals surface area contributed by atoms with E-state index in [1.54, 1.807) is 45.0 Å². The highest BCUT2D eigenvalue weighted by Crippen LogP contribution is 2.30. The Bertz CT molecular complexity index is 942. The summed E-state index contributed by atoms with van der Waals surface area (Å²) in [7, 11) is -2.34. The summed E-state index contributed by atoms with van der Waals surface area (Å²) in [5.41, 5.74) is 2.62. The third-order valence-electron chi connectivity index (χ3n) is 3.81. The highest BCUT2D eigenvalue weighted by Gasteiger charge is 2.19. The van der Waals surface area contributed by atoms with Crippen LogP contribution in [0.4, 0.5) is 5.69 Å². The number of hydrogen-bond acceptors (Lipinski definition) is 4. The maximum Gasteiger partial charge on any atom is 0.241 e. The molecule has 0 bridgehead atoms. The molecule has 0 saturated heterocycles. The molecule has 2 aromatic rings. The molecule has 0 radical (unpaired) electrons. The molecule has 0 aliphatic rings. The van der Waals surface area contributed by atoms with Crippen LogP contribution in [0.2, 0.25) is 5.02 Å². The van der Waals surface area contributed by atoms with Gasteiger partial charge in [0.05, 0.1) is 24.2 Å². The van der Waals surface area contributed by atoms with Gasteiger partial charge in [0, 0.05) is 11.1 Å². The molecular formula is C18H21ClN2O4S. The first-order valence-corrected chi connectivity index (χ1v) is 9.71. The fraction of sp³-hybridized carbons (Fsp3) is 0.278. The van der Waals surface area contributed by atoms with Crippen molar-refractivity contribution in [2.45, 2.75) is 25.7 Å². The van der Waals surface area contributed by atoms with E-state index < -0.39 is 22.5 Å². The number of sulfonamides is 1. The van der Waals surface area contributed by atoms with Gasteiger partial charge < -0.3 is 10.1 Å². The Kier molecular flexibility index (Phi) is 6.28. The summed E-state index contributed by atoms with van der Waals surface area (Å²) in [4.78, 5) is 12.3. The number of ether oxygens (including phenoxy) is 1. The van der Waals surface area contributed by atoms with Crippen LogP contribution in [0.3, 0.4) is 0 Å². The normalized spacial score (nSPS) is 11.3. The van der Waals surface area contributed by atoms with Crippen LogP contribution in [0.5, 0.6) is 5.75 Å². The minimum absolute atomic E-state index is 0.158. The quantitative estimate of drug-likeness (QED) is 0.785. The van der Waals surface area contributed by atoms with E-state index in [2.05, 4.69) is 10.0 Å². The fourth-order valence-electron chi connectivity index (χ4n) is 2.36. The van der Waals surface area contributed by atoms with E-state index in [4.69, 9.17) is 16.3 Å². The van der Waals surface area contributed by atoms with Gasteiger partial charge in [0.25, 0.3) is 0 Å². The van der Waals surface area contributed by atoms with Gasteiger partial charge in [-0.3, -0.25) is 4.79 Å². The highest BCUT2D eigenvalue weighted by atomic mass is 35.5. The molecule has 0 spiro atoms. The van der Waals surface area contributed by atoms with Gasteiger partial charge in [-0.2, -0.15) is 0 Å². The van der Waals surface area contributed by atoms with Crippen LogP contribution in [-0.2, 0) is 14.8 Å². The number of methoxy groups -OCH3 is 1. The number of benzene rings is 2. The first-order chi connectivity index (χ1) is 12.1. The lowest BCUT2D eigenvalue weighted by atomic mass is 10.2. The Hall–Kier alpha value is -2.09. The number of amides is 1. The maximum atomic E-state index is 12.5. The van der Waals surface area contributed by atoms with E-state index in [-0.39, 0.29) is 4.90 Å². The van der Waals surface area contributed by atoms with Crippen LogP contribution in [-0.4, -0.2) is 28.0 Å². The first kappa shape index (κ1) is 20.2. The number of rotatable bonds is 6. The predicted octanol–water partition coefficient (Wildman–Crippen LogP) is 3.19. The smallest absolute Gasteiger partial charge is 0.241 e. The van der Waals surface area contributed by atoms with Crippen molar-refractivity contribution in [2.24, 2.45) is 0 Å². The molecule has 8 heteroatoms. The lowest BCUT2D eigenvalue weighted by molar-refractivity contribution is -0.115. The Morgan fingerprint density at radius 2 is 1.81 bits per heavy atom. The molecule has 0 atom stereocenters. The number of nitrogens with one attached hydrogen (secondary N) is 2. The lowest BCUT2D eigenvalue weighted by Gasteiger charge is -2.13. The van der Waals surface area contributed by atoms with Gasteiger partial charge in [-0.25, -0.2) is 13.1 Å². The number of carbonyl (C=O) groups is 1. The van der Waals surface area contributed by atoms with Gasteiger partial charge in [-0.15, -0.1) is 0 Å². The van der Waals surface area contributed by atoms with Crippen molar-refractivity contribution in [1.82, 2.24) is 4.72 Å². The van der Waals surface area contributed by atoms with Crippen LogP contribution in [0.1, 0.15) is 16.7 Å². The minimum atomic E-state index is -3.79. The average molecular weight is 397 g/mol. The largest absolute Gasteiger partial charge is 0.495 e. The van der Waals surface area contributed by atoms with Crippen LogP contribution in [0.25, 0.3) is 0 Å². The highest BCUT2D eigenvalue weighted by molar-refractivity contribution is 7.89. The van der Waals surface area contributed by atoms with Gasteiger partial charge in [-0.05, 0) is 49.6 Å². The maximum absolute atomic E-state index is 12.5. The molecule has 2 N–H and O–H groups in total. The van der Waals surface area contributed by atoms with E-state index in [1.165, 1.54) is 7.11 Å². The van der Waals surface area contributed by atoms with Gasteiger partial charge in [0.1, 0.15) is 5.75 Å². The second-order valence-electron chi connectivity index (χ2n) is 5.94. The zero-order chi connectivity index (χ0) is 19.5. The summed E-state index contributed by atoms with van der Waals surface area (Å²) in [6, 6.07) is 8.38. The zero-order valence-corrected chi connectivity index (χ0v) is 16.6. The van der Waals surface area contributed by atoms with E-state index in [9.17, 15) is 13.2 Å². The molecule has 26 heavy (non-hydrogen) atoms. The SMILES string of the molecule is COc1cc(Cl)c(C)cc1NC(=O)CNS(=O)(=O)c1cc(C)ccc1C. The van der Waals surface area contributed by atoms with Crippen molar-refractivity contribution in [3.8, 4) is 5.75 Å². The lowest BCUT2D eigenvalue weighted by Crippen LogP contribution is -2.33. The van der Waals surface area contributed by atoms with Crippen LogP contribution < -0.4 is 14.8 Å². The topological polar surface area (TPSA) is 84.5 Å². The first-order valence-electron chi connectivity index (χ1n) is 7.85. The fourth-order valence-corrected chi connectivity index (χ4v) is 3.82. The summed E-state index contributed by atoms with van der Waals surface area (Å²) in [5, 5.41) is 3.14. The molecule has 0 saturated carbocycles. The van der Waals surface area contributed by atoms with Gasteiger partial charge >= 0.3 is 0 Å². The van der Waals surface area contributed by atoms with Crippen molar-refractivity contribution in [3.63, 3.8) is 0 Å². The van der Waals surface area contributed by atoms with E-state index in [0.29, 0.717) is 22.0 Å². The van der Waals surface area contributed by atoms with Gasteiger partial charge in [0.15, 0.2) is 0 Å². The molecule has 0 aliphatic heterocycles. The number of carbonyl (C=O) groups excluding carboxylic acids is 1. The van der Waals surface area contributed by atoms with Crippen molar-refractivity contribution in [3.05, 3.63) is 52.0 Å². The molecule has 0 aliphatic carbocycles. The van der Waals surface area contributed by atoms with Crippen molar-refractivity contribution in [1.29, 1.82) is 0 Å². The summed E-state index contributed by atoms with van der Waals surface area (Å²) in [5.74, 6) is -0.120.